The van der Waals surface area contributed by atoms with Crippen molar-refractivity contribution in [2.75, 3.05) is 38.2 Å². The highest BCUT2D eigenvalue weighted by Gasteiger charge is 2.25. The van der Waals surface area contributed by atoms with Gasteiger partial charge in [-0.05, 0) is 24.3 Å². The molecule has 138 valence electrons. The molecule has 1 amide bonds. The van der Waals surface area contributed by atoms with Crippen LogP contribution in [0.25, 0.3) is 5.65 Å². The van der Waals surface area contributed by atoms with Gasteiger partial charge in [0.1, 0.15) is 17.0 Å². The van der Waals surface area contributed by atoms with Gasteiger partial charge in [0, 0.05) is 50.3 Å². The molecule has 3 aromatic rings. The van der Waals surface area contributed by atoms with Gasteiger partial charge in [-0.15, -0.1) is 0 Å². The minimum atomic E-state index is -0.333. The van der Waals surface area contributed by atoms with Crippen molar-refractivity contribution >= 4 is 17.2 Å². The predicted molar refractivity (Wildman–Crippen MR) is 103 cm³/mol. The van der Waals surface area contributed by atoms with Gasteiger partial charge in [0.25, 0.3) is 11.5 Å². The predicted octanol–water partition coefficient (Wildman–Crippen LogP) is 1.67. The first-order valence-corrected chi connectivity index (χ1v) is 8.82. The van der Waals surface area contributed by atoms with Crippen LogP contribution in [-0.4, -0.2) is 53.5 Å². The summed E-state index contributed by atoms with van der Waals surface area (Å²) >= 11 is 0. The summed E-state index contributed by atoms with van der Waals surface area (Å²) in [4.78, 5) is 33.6. The number of piperazine rings is 1. The quantitative estimate of drug-likeness (QED) is 0.707. The lowest BCUT2D eigenvalue weighted by Crippen LogP contribution is -2.49. The zero-order valence-corrected chi connectivity index (χ0v) is 15.0. The molecule has 27 heavy (non-hydrogen) atoms. The molecule has 1 aliphatic rings. The normalized spacial score (nSPS) is 14.4. The summed E-state index contributed by atoms with van der Waals surface area (Å²) in [7, 11) is 1.64. The van der Waals surface area contributed by atoms with E-state index in [9.17, 15) is 9.59 Å². The first kappa shape index (κ1) is 17.1. The standard InChI is InChI=1S/C20H20N4O3/c1-27-16-6-4-5-15(13-16)22-9-11-23(12-10-22)19(25)17-14-21-18-7-2-3-8-24(18)20(17)26/h2-8,13-14H,9-12H2,1H3. The number of pyridine rings is 1. The molecule has 0 bridgehead atoms. The smallest absolute Gasteiger partial charge is 0.270 e. The SMILES string of the molecule is COc1cccc(N2CCN(C(=O)c3cnc4ccccn4c3=O)CC2)c1. The number of carbonyl (C=O) groups is 1. The Bertz CT molecular complexity index is 1040. The fourth-order valence-corrected chi connectivity index (χ4v) is 3.32. The fourth-order valence-electron chi connectivity index (χ4n) is 3.32. The minimum absolute atomic E-state index is 0.105. The van der Waals surface area contributed by atoms with Gasteiger partial charge in [-0.2, -0.15) is 0 Å². The van der Waals surface area contributed by atoms with E-state index in [-0.39, 0.29) is 17.0 Å². The number of anilines is 1. The molecule has 1 aromatic carbocycles. The summed E-state index contributed by atoms with van der Waals surface area (Å²) in [5.74, 6) is 0.539. The maximum absolute atomic E-state index is 12.8. The van der Waals surface area contributed by atoms with Crippen molar-refractivity contribution in [1.82, 2.24) is 14.3 Å². The van der Waals surface area contributed by atoms with Crippen molar-refractivity contribution in [2.24, 2.45) is 0 Å². The van der Waals surface area contributed by atoms with Crippen LogP contribution in [0, 0.1) is 0 Å². The van der Waals surface area contributed by atoms with Crippen molar-refractivity contribution < 1.29 is 9.53 Å². The van der Waals surface area contributed by atoms with Gasteiger partial charge in [-0.1, -0.05) is 12.1 Å². The number of carbonyl (C=O) groups excluding carboxylic acids is 1. The van der Waals surface area contributed by atoms with Crippen LogP contribution in [0.2, 0.25) is 0 Å². The highest BCUT2D eigenvalue weighted by Crippen LogP contribution is 2.22. The zero-order chi connectivity index (χ0) is 18.8. The van der Waals surface area contributed by atoms with Gasteiger partial charge in [0.2, 0.25) is 0 Å². The molecule has 4 rings (SSSR count). The van der Waals surface area contributed by atoms with Crippen LogP contribution in [0.1, 0.15) is 10.4 Å². The molecule has 1 aliphatic heterocycles. The maximum atomic E-state index is 12.8. The van der Waals surface area contributed by atoms with Crippen molar-refractivity contribution in [3.63, 3.8) is 0 Å². The van der Waals surface area contributed by atoms with E-state index in [4.69, 9.17) is 4.74 Å². The van der Waals surface area contributed by atoms with Crippen molar-refractivity contribution in [3.05, 3.63) is 70.8 Å². The monoisotopic (exact) mass is 364 g/mol. The molecule has 2 aromatic heterocycles. The lowest BCUT2D eigenvalue weighted by Gasteiger charge is -2.36. The molecule has 0 spiro atoms. The van der Waals surface area contributed by atoms with Gasteiger partial charge in [-0.25, -0.2) is 4.98 Å². The molecule has 0 unspecified atom stereocenters. The Morgan fingerprint density at radius 1 is 1.07 bits per heavy atom. The number of amides is 1. The van der Waals surface area contributed by atoms with Crippen molar-refractivity contribution in [2.45, 2.75) is 0 Å². The first-order chi connectivity index (χ1) is 13.2. The van der Waals surface area contributed by atoms with Crippen LogP contribution < -0.4 is 15.2 Å². The van der Waals surface area contributed by atoms with Gasteiger partial charge in [-0.3, -0.25) is 14.0 Å². The maximum Gasteiger partial charge on any atom is 0.270 e. The van der Waals surface area contributed by atoms with Crippen LogP contribution in [-0.2, 0) is 0 Å². The number of hydrogen-bond acceptors (Lipinski definition) is 5. The highest BCUT2D eigenvalue weighted by molar-refractivity contribution is 5.94. The van der Waals surface area contributed by atoms with Gasteiger partial charge < -0.3 is 14.5 Å². The molecular weight excluding hydrogens is 344 g/mol. The molecule has 1 saturated heterocycles. The number of benzene rings is 1. The zero-order valence-electron chi connectivity index (χ0n) is 15.0. The third-order valence-electron chi connectivity index (χ3n) is 4.83. The van der Waals surface area contributed by atoms with Crippen LogP contribution in [0.4, 0.5) is 5.69 Å². The Morgan fingerprint density at radius 2 is 1.89 bits per heavy atom. The number of ether oxygens (including phenoxy) is 1. The van der Waals surface area contributed by atoms with E-state index in [1.54, 1.807) is 36.4 Å². The highest BCUT2D eigenvalue weighted by atomic mass is 16.5. The molecule has 0 aliphatic carbocycles. The molecule has 0 saturated carbocycles. The summed E-state index contributed by atoms with van der Waals surface area (Å²) in [6.07, 6.45) is 3.01. The lowest BCUT2D eigenvalue weighted by molar-refractivity contribution is 0.0744. The second-order valence-corrected chi connectivity index (χ2v) is 6.39. The van der Waals surface area contributed by atoms with E-state index in [1.165, 1.54) is 10.6 Å². The van der Waals surface area contributed by atoms with E-state index in [2.05, 4.69) is 9.88 Å². The number of fused-ring (bicyclic) bond motifs is 1. The average molecular weight is 364 g/mol. The number of aromatic nitrogens is 2. The van der Waals surface area contributed by atoms with E-state index in [0.717, 1.165) is 11.4 Å². The molecule has 0 N–H and O–H groups in total. The molecule has 1 fully saturated rings. The van der Waals surface area contributed by atoms with E-state index in [1.807, 2.05) is 24.3 Å². The number of rotatable bonds is 3. The van der Waals surface area contributed by atoms with E-state index < -0.39 is 0 Å². The molecule has 3 heterocycles. The second kappa shape index (κ2) is 7.11. The molecule has 0 atom stereocenters. The van der Waals surface area contributed by atoms with Crippen LogP contribution >= 0.6 is 0 Å². The number of hydrogen-bond donors (Lipinski definition) is 0. The molecule has 7 heteroatoms. The van der Waals surface area contributed by atoms with Gasteiger partial charge in [0.05, 0.1) is 7.11 Å². The second-order valence-electron chi connectivity index (χ2n) is 6.39. The summed E-state index contributed by atoms with van der Waals surface area (Å²) < 4.78 is 6.68. The Hall–Kier alpha value is -3.35. The summed E-state index contributed by atoms with van der Waals surface area (Å²) in [6.45, 7) is 2.49. The van der Waals surface area contributed by atoms with E-state index >= 15 is 0 Å². The van der Waals surface area contributed by atoms with Gasteiger partial charge in [0.15, 0.2) is 0 Å². The molecule has 0 radical (unpaired) electrons. The summed E-state index contributed by atoms with van der Waals surface area (Å²) in [5, 5.41) is 0. The number of nitrogens with zero attached hydrogens (tertiary/aromatic N) is 4. The third kappa shape index (κ3) is 3.23. The molecule has 7 nitrogen and oxygen atoms in total. The Balaban J connectivity index is 1.50. The topological polar surface area (TPSA) is 67.2 Å². The largest absolute Gasteiger partial charge is 0.497 e. The summed E-state index contributed by atoms with van der Waals surface area (Å²) in [6, 6.07) is 13.2. The van der Waals surface area contributed by atoms with Crippen LogP contribution in [0.15, 0.2) is 59.7 Å². The molecular formula is C20H20N4O3. The van der Waals surface area contributed by atoms with Crippen LogP contribution in [0.3, 0.4) is 0 Å². The summed E-state index contributed by atoms with van der Waals surface area (Å²) in [5.41, 5.74) is 1.37. The fraction of sp³-hybridized carbons (Fsp3) is 0.250. The Labute approximate surface area is 156 Å². The first-order valence-electron chi connectivity index (χ1n) is 8.82. The number of methoxy groups -OCH3 is 1. The van der Waals surface area contributed by atoms with Crippen molar-refractivity contribution in [1.29, 1.82) is 0 Å². The Morgan fingerprint density at radius 3 is 2.67 bits per heavy atom. The minimum Gasteiger partial charge on any atom is -0.497 e. The Kier molecular flexibility index (Phi) is 4.50. The van der Waals surface area contributed by atoms with Gasteiger partial charge >= 0.3 is 0 Å². The average Bonchev–Trinajstić information content (AvgIpc) is 2.74. The lowest BCUT2D eigenvalue weighted by atomic mass is 10.2. The van der Waals surface area contributed by atoms with Crippen LogP contribution in [0.5, 0.6) is 5.75 Å². The van der Waals surface area contributed by atoms with Crippen molar-refractivity contribution in [3.8, 4) is 5.75 Å². The third-order valence-corrected chi connectivity index (χ3v) is 4.83. The van der Waals surface area contributed by atoms with E-state index in [0.29, 0.717) is 31.8 Å².